The van der Waals surface area contributed by atoms with Gasteiger partial charge in [0, 0.05) is 31.6 Å². The van der Waals surface area contributed by atoms with Crippen LogP contribution in [0.4, 0.5) is 27.8 Å². The van der Waals surface area contributed by atoms with Gasteiger partial charge in [-0.2, -0.15) is 5.10 Å². The summed E-state index contributed by atoms with van der Waals surface area (Å²) in [7, 11) is -3.67. The van der Waals surface area contributed by atoms with Crippen LogP contribution in [0.1, 0.15) is 19.0 Å². The molecule has 1 saturated heterocycles. The number of halogens is 5. The number of piperidine rings is 1. The van der Waals surface area contributed by atoms with E-state index in [0.717, 1.165) is 17.0 Å². The van der Waals surface area contributed by atoms with Crippen LogP contribution >= 0.6 is 0 Å². The number of hydrogen-bond acceptors (Lipinski definition) is 7. The van der Waals surface area contributed by atoms with E-state index in [2.05, 4.69) is 24.8 Å². The van der Waals surface area contributed by atoms with Crippen molar-refractivity contribution >= 4 is 21.5 Å². The summed E-state index contributed by atoms with van der Waals surface area (Å²) >= 11 is 0. The lowest BCUT2D eigenvalue weighted by atomic mass is 9.86. The van der Waals surface area contributed by atoms with Gasteiger partial charge in [0.1, 0.15) is 17.8 Å². The molecule has 3 aromatic rings. The standard InChI is InChI=1S/C19H20F5N7O2S/c1-10-6-30(7-11(19(10,23)24)4-28-34(2,32)33)15-3-14(25-9-26-15)12-5-27-31-8-13(20)16(17(21)22)29-18(12)31/h3,5,8-11,17,28H,4,6-7H2,1-2H3/t10-,11+/m0/s1. The van der Waals surface area contributed by atoms with E-state index in [0.29, 0.717) is 0 Å². The van der Waals surface area contributed by atoms with Gasteiger partial charge >= 0.3 is 0 Å². The van der Waals surface area contributed by atoms with Crippen LogP contribution in [0.25, 0.3) is 16.9 Å². The van der Waals surface area contributed by atoms with Gasteiger partial charge in [0.15, 0.2) is 11.5 Å². The number of alkyl halides is 4. The molecule has 2 atom stereocenters. The zero-order chi connectivity index (χ0) is 24.8. The third kappa shape index (κ3) is 4.66. The minimum atomic E-state index is -3.67. The maximum absolute atomic E-state index is 14.7. The van der Waals surface area contributed by atoms with Crippen LogP contribution in [-0.2, 0) is 10.0 Å². The quantitative estimate of drug-likeness (QED) is 0.514. The van der Waals surface area contributed by atoms with E-state index < -0.39 is 52.3 Å². The molecule has 0 bridgehead atoms. The van der Waals surface area contributed by atoms with Crippen LogP contribution < -0.4 is 9.62 Å². The summed E-state index contributed by atoms with van der Waals surface area (Å²) in [4.78, 5) is 13.5. The van der Waals surface area contributed by atoms with Crippen molar-refractivity contribution in [2.75, 3.05) is 30.8 Å². The van der Waals surface area contributed by atoms with Crippen molar-refractivity contribution in [3.05, 3.63) is 36.3 Å². The first kappa shape index (κ1) is 24.2. The third-order valence-corrected chi connectivity index (χ3v) is 6.35. The second kappa shape index (κ2) is 8.69. The van der Waals surface area contributed by atoms with Gasteiger partial charge in [0.05, 0.1) is 35.8 Å². The maximum atomic E-state index is 14.7. The lowest BCUT2D eigenvalue weighted by Gasteiger charge is -2.43. The first-order valence-electron chi connectivity index (χ1n) is 10.1. The molecule has 1 aliphatic rings. The molecule has 0 aliphatic carbocycles. The second-order valence-corrected chi connectivity index (χ2v) is 9.99. The summed E-state index contributed by atoms with van der Waals surface area (Å²) in [6, 6.07) is 1.46. The van der Waals surface area contributed by atoms with E-state index >= 15 is 0 Å². The number of anilines is 1. The SMILES string of the molecule is C[C@H]1CN(c2cc(-c3cnn4cc(F)c(C(F)F)nc34)ncn2)C[C@@H](CNS(C)(=O)=O)C1(F)F. The molecule has 4 rings (SSSR count). The molecule has 1 aliphatic heterocycles. The van der Waals surface area contributed by atoms with E-state index in [1.807, 2.05) is 0 Å². The fraction of sp³-hybridized carbons (Fsp3) is 0.474. The zero-order valence-corrected chi connectivity index (χ0v) is 18.8. The Hall–Kier alpha value is -2.94. The maximum Gasteiger partial charge on any atom is 0.283 e. The van der Waals surface area contributed by atoms with Crippen molar-refractivity contribution in [2.24, 2.45) is 11.8 Å². The molecule has 4 heterocycles. The van der Waals surface area contributed by atoms with Gasteiger partial charge in [-0.15, -0.1) is 0 Å². The Labute approximate surface area is 191 Å². The van der Waals surface area contributed by atoms with Crippen LogP contribution in [0.3, 0.4) is 0 Å². The average molecular weight is 505 g/mol. The minimum absolute atomic E-state index is 0.0601. The Morgan fingerprint density at radius 3 is 2.68 bits per heavy atom. The molecular formula is C19H20F5N7O2S. The number of aromatic nitrogens is 5. The highest BCUT2D eigenvalue weighted by atomic mass is 32.2. The lowest BCUT2D eigenvalue weighted by Crippen LogP contribution is -2.56. The van der Waals surface area contributed by atoms with Crippen molar-refractivity contribution < 1.29 is 30.4 Å². The topological polar surface area (TPSA) is 105 Å². The first-order valence-corrected chi connectivity index (χ1v) is 12.0. The normalized spacial score (nSPS) is 20.9. The molecule has 9 nitrogen and oxygen atoms in total. The molecule has 0 unspecified atom stereocenters. The molecule has 0 aromatic carbocycles. The summed E-state index contributed by atoms with van der Waals surface area (Å²) in [6.45, 7) is 0.651. The number of nitrogens with zero attached hydrogens (tertiary/aromatic N) is 6. The number of sulfonamides is 1. The van der Waals surface area contributed by atoms with Gasteiger partial charge in [0.2, 0.25) is 10.0 Å². The van der Waals surface area contributed by atoms with Crippen LogP contribution in [0.5, 0.6) is 0 Å². The Morgan fingerprint density at radius 2 is 2.00 bits per heavy atom. The van der Waals surface area contributed by atoms with E-state index in [9.17, 15) is 30.4 Å². The number of hydrogen-bond donors (Lipinski definition) is 1. The van der Waals surface area contributed by atoms with Gasteiger partial charge in [-0.3, -0.25) is 0 Å². The highest BCUT2D eigenvalue weighted by Gasteiger charge is 2.49. The average Bonchev–Trinajstić information content (AvgIpc) is 3.16. The van der Waals surface area contributed by atoms with Gasteiger partial charge in [-0.05, 0) is 0 Å². The molecule has 184 valence electrons. The smallest absolute Gasteiger partial charge is 0.283 e. The Morgan fingerprint density at radius 1 is 1.26 bits per heavy atom. The zero-order valence-electron chi connectivity index (χ0n) is 18.0. The minimum Gasteiger partial charge on any atom is -0.355 e. The van der Waals surface area contributed by atoms with Crippen molar-refractivity contribution in [1.29, 1.82) is 0 Å². The van der Waals surface area contributed by atoms with Crippen molar-refractivity contribution in [2.45, 2.75) is 19.3 Å². The van der Waals surface area contributed by atoms with E-state index in [-0.39, 0.29) is 35.8 Å². The Bertz CT molecular complexity index is 1320. The summed E-state index contributed by atoms with van der Waals surface area (Å²) in [5.74, 6) is -6.49. The molecule has 0 radical (unpaired) electrons. The number of fused-ring (bicyclic) bond motifs is 1. The monoisotopic (exact) mass is 505 g/mol. The van der Waals surface area contributed by atoms with Crippen molar-refractivity contribution in [1.82, 2.24) is 29.3 Å². The van der Waals surface area contributed by atoms with Crippen molar-refractivity contribution in [3.8, 4) is 11.3 Å². The molecule has 3 aromatic heterocycles. The predicted octanol–water partition coefficient (Wildman–Crippen LogP) is 2.52. The van der Waals surface area contributed by atoms with Crippen LogP contribution in [-0.4, -0.2) is 64.8 Å². The van der Waals surface area contributed by atoms with Gasteiger partial charge in [0.25, 0.3) is 12.3 Å². The number of nitrogens with one attached hydrogen (secondary N) is 1. The molecule has 15 heteroatoms. The molecule has 1 fully saturated rings. The molecule has 0 spiro atoms. The van der Waals surface area contributed by atoms with Crippen LogP contribution in [0, 0.1) is 17.7 Å². The second-order valence-electron chi connectivity index (χ2n) is 8.16. The summed E-state index contributed by atoms with van der Waals surface area (Å²) < 4.78 is 95.5. The fourth-order valence-electron chi connectivity index (χ4n) is 3.86. The van der Waals surface area contributed by atoms with E-state index in [1.54, 1.807) is 4.90 Å². The first-order chi connectivity index (χ1) is 15.9. The fourth-order valence-corrected chi connectivity index (χ4v) is 4.36. The van der Waals surface area contributed by atoms with Crippen molar-refractivity contribution in [3.63, 3.8) is 0 Å². The molecule has 0 amide bonds. The summed E-state index contributed by atoms with van der Waals surface area (Å²) in [6.07, 6.45) is 0.981. The molecular weight excluding hydrogens is 485 g/mol. The molecule has 1 N–H and O–H groups in total. The largest absolute Gasteiger partial charge is 0.355 e. The number of rotatable bonds is 6. The van der Waals surface area contributed by atoms with E-state index in [4.69, 9.17) is 0 Å². The molecule has 34 heavy (non-hydrogen) atoms. The Kier molecular flexibility index (Phi) is 6.18. The summed E-state index contributed by atoms with van der Waals surface area (Å²) in [5.41, 5.74) is -0.654. The highest BCUT2D eigenvalue weighted by Crippen LogP contribution is 2.39. The Balaban J connectivity index is 1.67. The van der Waals surface area contributed by atoms with E-state index in [1.165, 1.54) is 25.5 Å². The predicted molar refractivity (Wildman–Crippen MR) is 112 cm³/mol. The van der Waals surface area contributed by atoms with Crippen LogP contribution in [0.2, 0.25) is 0 Å². The third-order valence-electron chi connectivity index (χ3n) is 5.66. The van der Waals surface area contributed by atoms with Gasteiger partial charge < -0.3 is 4.90 Å². The van der Waals surface area contributed by atoms with Crippen LogP contribution in [0.15, 0.2) is 24.8 Å². The summed E-state index contributed by atoms with van der Waals surface area (Å²) in [5, 5.41) is 3.92. The highest BCUT2D eigenvalue weighted by molar-refractivity contribution is 7.88. The van der Waals surface area contributed by atoms with Gasteiger partial charge in [-0.1, -0.05) is 6.92 Å². The van der Waals surface area contributed by atoms with Gasteiger partial charge in [-0.25, -0.2) is 54.6 Å². The molecule has 0 saturated carbocycles. The lowest BCUT2D eigenvalue weighted by molar-refractivity contribution is -0.108.